The van der Waals surface area contributed by atoms with Crippen LogP contribution in [0.1, 0.15) is 50.7 Å². The van der Waals surface area contributed by atoms with Gasteiger partial charge in [-0.15, -0.1) is 11.8 Å². The average Bonchev–Trinajstić information content (AvgIpc) is 2.90. The van der Waals surface area contributed by atoms with Gasteiger partial charge in [-0.2, -0.15) is 0 Å². The number of benzene rings is 2. The van der Waals surface area contributed by atoms with Crippen LogP contribution in [0.15, 0.2) is 41.3 Å². The fourth-order valence-electron chi connectivity index (χ4n) is 3.60. The molecule has 2 aliphatic heterocycles. The Hall–Kier alpha value is -2.67. The molecule has 0 fully saturated rings. The van der Waals surface area contributed by atoms with Gasteiger partial charge < -0.3 is 5.32 Å². The van der Waals surface area contributed by atoms with Crippen molar-refractivity contribution >= 4 is 29.5 Å². The Balaban J connectivity index is 1.41. The molecule has 1 unspecified atom stereocenters. The van der Waals surface area contributed by atoms with Crippen molar-refractivity contribution in [2.45, 2.75) is 30.7 Å². The standard InChI is InChI=1S/C21H19FN2O3S/c1-12-2-4-14-15(10-12)21(27)24(20(14)26)8-6-19(25)23-17-7-9-28-18-5-3-13(22)11-16(17)18/h2-5,10-11,17H,6-9H2,1H3,(H,23,25). The highest BCUT2D eigenvalue weighted by Gasteiger charge is 2.35. The second-order valence-corrected chi connectivity index (χ2v) is 8.14. The van der Waals surface area contributed by atoms with Gasteiger partial charge in [-0.1, -0.05) is 11.6 Å². The van der Waals surface area contributed by atoms with E-state index in [4.69, 9.17) is 0 Å². The number of hydrogen-bond donors (Lipinski definition) is 1. The maximum Gasteiger partial charge on any atom is 0.261 e. The molecule has 0 spiro atoms. The summed E-state index contributed by atoms with van der Waals surface area (Å²) in [6.07, 6.45) is 0.720. The predicted octanol–water partition coefficient (Wildman–Crippen LogP) is 3.47. The molecule has 1 N–H and O–H groups in total. The maximum atomic E-state index is 13.6. The number of imide groups is 1. The van der Waals surface area contributed by atoms with Crippen LogP contribution in [-0.2, 0) is 4.79 Å². The largest absolute Gasteiger partial charge is 0.349 e. The first-order chi connectivity index (χ1) is 13.4. The molecule has 2 aromatic carbocycles. The van der Waals surface area contributed by atoms with Gasteiger partial charge in [0.25, 0.3) is 11.8 Å². The fraction of sp³-hybridized carbons (Fsp3) is 0.286. The number of amides is 3. The summed E-state index contributed by atoms with van der Waals surface area (Å²) in [6.45, 7) is 1.88. The van der Waals surface area contributed by atoms with Gasteiger partial charge in [-0.05, 0) is 49.2 Å². The molecule has 7 heteroatoms. The van der Waals surface area contributed by atoms with Gasteiger partial charge in [-0.3, -0.25) is 19.3 Å². The highest BCUT2D eigenvalue weighted by Crippen LogP contribution is 2.36. The van der Waals surface area contributed by atoms with Gasteiger partial charge in [0.05, 0.1) is 17.2 Å². The van der Waals surface area contributed by atoms with Crippen molar-refractivity contribution in [2.75, 3.05) is 12.3 Å². The normalized spacial score (nSPS) is 18.1. The Labute approximate surface area is 166 Å². The molecule has 144 valence electrons. The first-order valence-electron chi connectivity index (χ1n) is 9.12. The number of carbonyl (C=O) groups is 3. The number of fused-ring (bicyclic) bond motifs is 2. The molecule has 0 saturated heterocycles. The fourth-order valence-corrected chi connectivity index (χ4v) is 4.71. The summed E-state index contributed by atoms with van der Waals surface area (Å²) >= 11 is 1.64. The molecule has 0 bridgehead atoms. The molecule has 0 aliphatic carbocycles. The van der Waals surface area contributed by atoms with Crippen LogP contribution in [0, 0.1) is 12.7 Å². The van der Waals surface area contributed by atoms with E-state index in [1.54, 1.807) is 36.0 Å². The lowest BCUT2D eigenvalue weighted by Gasteiger charge is -2.26. The van der Waals surface area contributed by atoms with E-state index in [-0.39, 0.29) is 42.5 Å². The van der Waals surface area contributed by atoms with Gasteiger partial charge in [0.1, 0.15) is 5.82 Å². The average molecular weight is 398 g/mol. The number of nitrogens with one attached hydrogen (secondary N) is 1. The minimum absolute atomic E-state index is 0.0126. The number of rotatable bonds is 4. The summed E-state index contributed by atoms with van der Waals surface area (Å²) in [5.41, 5.74) is 2.45. The summed E-state index contributed by atoms with van der Waals surface area (Å²) in [5.74, 6) is -0.490. The summed E-state index contributed by atoms with van der Waals surface area (Å²) in [4.78, 5) is 39.5. The van der Waals surface area contributed by atoms with Crippen molar-refractivity contribution in [3.05, 3.63) is 64.5 Å². The lowest BCUT2D eigenvalue weighted by Crippen LogP contribution is -2.36. The second kappa shape index (κ2) is 7.39. The van der Waals surface area contributed by atoms with Gasteiger partial charge >= 0.3 is 0 Å². The Kier molecular flexibility index (Phi) is 4.93. The monoisotopic (exact) mass is 398 g/mol. The highest BCUT2D eigenvalue weighted by atomic mass is 32.2. The molecule has 28 heavy (non-hydrogen) atoms. The summed E-state index contributed by atoms with van der Waals surface area (Å²) in [5, 5.41) is 2.92. The number of carbonyl (C=O) groups excluding carboxylic acids is 3. The van der Waals surface area contributed by atoms with Crippen LogP contribution in [0.25, 0.3) is 0 Å². The molecule has 2 aromatic rings. The molecule has 2 heterocycles. The smallest absolute Gasteiger partial charge is 0.261 e. The molecule has 5 nitrogen and oxygen atoms in total. The maximum absolute atomic E-state index is 13.6. The lowest BCUT2D eigenvalue weighted by atomic mass is 10.0. The zero-order valence-electron chi connectivity index (χ0n) is 15.3. The van der Waals surface area contributed by atoms with E-state index in [1.165, 1.54) is 12.1 Å². The third-order valence-corrected chi connectivity index (χ3v) is 6.16. The molecule has 0 aromatic heterocycles. The van der Waals surface area contributed by atoms with Crippen molar-refractivity contribution in [3.8, 4) is 0 Å². The lowest BCUT2D eigenvalue weighted by molar-refractivity contribution is -0.122. The topological polar surface area (TPSA) is 66.5 Å². The first kappa shape index (κ1) is 18.7. The third kappa shape index (κ3) is 3.42. The van der Waals surface area contributed by atoms with Gasteiger partial charge in [-0.25, -0.2) is 4.39 Å². The van der Waals surface area contributed by atoms with E-state index in [0.717, 1.165) is 26.7 Å². The van der Waals surface area contributed by atoms with E-state index < -0.39 is 0 Å². The minimum atomic E-state index is -0.366. The number of hydrogen-bond acceptors (Lipinski definition) is 4. The highest BCUT2D eigenvalue weighted by molar-refractivity contribution is 7.99. The molecule has 0 saturated carbocycles. The molecule has 0 radical (unpaired) electrons. The van der Waals surface area contributed by atoms with E-state index in [0.29, 0.717) is 17.5 Å². The Morgan fingerprint density at radius 3 is 2.79 bits per heavy atom. The van der Waals surface area contributed by atoms with E-state index in [9.17, 15) is 18.8 Å². The van der Waals surface area contributed by atoms with E-state index in [1.807, 2.05) is 6.92 Å². The Bertz CT molecular complexity index is 992. The van der Waals surface area contributed by atoms with Crippen molar-refractivity contribution in [1.82, 2.24) is 10.2 Å². The number of aryl methyl sites for hydroxylation is 1. The van der Waals surface area contributed by atoms with Crippen molar-refractivity contribution in [2.24, 2.45) is 0 Å². The van der Waals surface area contributed by atoms with Gasteiger partial charge in [0.2, 0.25) is 5.91 Å². The van der Waals surface area contributed by atoms with Crippen molar-refractivity contribution in [1.29, 1.82) is 0 Å². The van der Waals surface area contributed by atoms with E-state index in [2.05, 4.69) is 5.32 Å². The van der Waals surface area contributed by atoms with Crippen molar-refractivity contribution < 1.29 is 18.8 Å². The van der Waals surface area contributed by atoms with Crippen molar-refractivity contribution in [3.63, 3.8) is 0 Å². The molecular formula is C21H19FN2O3S. The zero-order valence-corrected chi connectivity index (χ0v) is 16.1. The Morgan fingerprint density at radius 1 is 1.18 bits per heavy atom. The SMILES string of the molecule is Cc1ccc2c(c1)C(=O)N(CCC(=O)NC1CCSc3ccc(F)cc31)C2=O. The molecule has 4 rings (SSSR count). The van der Waals surface area contributed by atoms with Gasteiger partial charge in [0.15, 0.2) is 0 Å². The number of nitrogens with zero attached hydrogens (tertiary/aromatic N) is 1. The zero-order chi connectivity index (χ0) is 19.8. The van der Waals surface area contributed by atoms with E-state index >= 15 is 0 Å². The Morgan fingerprint density at radius 2 is 1.96 bits per heavy atom. The molecular weight excluding hydrogens is 379 g/mol. The quantitative estimate of drug-likeness (QED) is 0.801. The number of thioether (sulfide) groups is 1. The van der Waals surface area contributed by atoms with Crippen LogP contribution in [0.5, 0.6) is 0 Å². The molecule has 3 amide bonds. The van der Waals surface area contributed by atoms with Crippen LogP contribution in [0.3, 0.4) is 0 Å². The molecule has 1 atom stereocenters. The minimum Gasteiger partial charge on any atom is -0.349 e. The third-order valence-electron chi connectivity index (χ3n) is 5.04. The summed E-state index contributed by atoms with van der Waals surface area (Å²) in [7, 11) is 0. The number of halogens is 1. The summed E-state index contributed by atoms with van der Waals surface area (Å²) in [6, 6.07) is 9.48. The van der Waals surface area contributed by atoms with Crippen LogP contribution in [0.4, 0.5) is 4.39 Å². The summed E-state index contributed by atoms with van der Waals surface area (Å²) < 4.78 is 13.6. The van der Waals surface area contributed by atoms with Crippen LogP contribution < -0.4 is 5.32 Å². The van der Waals surface area contributed by atoms with Crippen LogP contribution in [-0.4, -0.2) is 34.9 Å². The predicted molar refractivity (Wildman–Crippen MR) is 104 cm³/mol. The molecule has 2 aliphatic rings. The first-order valence-corrected chi connectivity index (χ1v) is 10.1. The second-order valence-electron chi connectivity index (χ2n) is 7.00. The van der Waals surface area contributed by atoms with Crippen LogP contribution in [0.2, 0.25) is 0 Å². The van der Waals surface area contributed by atoms with Crippen LogP contribution >= 0.6 is 11.8 Å². The van der Waals surface area contributed by atoms with Gasteiger partial charge in [0, 0.05) is 23.6 Å².